The molecule has 1 saturated carbocycles. The molecule has 15 heavy (non-hydrogen) atoms. The Balaban J connectivity index is 2.00. The van der Waals surface area contributed by atoms with Crippen LogP contribution in [0.4, 0.5) is 0 Å². The average molecular weight is 221 g/mol. The summed E-state index contributed by atoms with van der Waals surface area (Å²) in [7, 11) is 0. The lowest BCUT2D eigenvalue weighted by molar-refractivity contribution is 0.251. The maximum Gasteiger partial charge on any atom is 0.00866 e. The van der Waals surface area contributed by atoms with Crippen molar-refractivity contribution in [1.29, 1.82) is 0 Å². The molecule has 0 spiro atoms. The molecule has 0 bridgehead atoms. The van der Waals surface area contributed by atoms with E-state index in [9.17, 15) is 0 Å². The van der Waals surface area contributed by atoms with E-state index in [2.05, 4.69) is 5.38 Å². The molecular weight excluding hydrogens is 202 g/mol. The molecule has 1 heterocycles. The maximum absolute atomic E-state index is 6.00. The van der Waals surface area contributed by atoms with Crippen LogP contribution >= 0.6 is 11.3 Å². The van der Waals surface area contributed by atoms with Gasteiger partial charge in [-0.3, -0.25) is 0 Å². The van der Waals surface area contributed by atoms with E-state index in [1.54, 1.807) is 16.0 Å². The highest BCUT2D eigenvalue weighted by Crippen LogP contribution is 2.47. The molecule has 2 aliphatic rings. The lowest BCUT2D eigenvalue weighted by Gasteiger charge is -2.42. The van der Waals surface area contributed by atoms with E-state index in [4.69, 9.17) is 5.73 Å². The van der Waals surface area contributed by atoms with Crippen LogP contribution in [0.1, 0.15) is 48.1 Å². The van der Waals surface area contributed by atoms with E-state index in [-0.39, 0.29) is 0 Å². The molecule has 1 nitrogen and oxygen atoms in total. The monoisotopic (exact) mass is 221 g/mol. The molecule has 0 aliphatic heterocycles. The number of nitrogens with two attached hydrogens (primary N) is 1. The van der Waals surface area contributed by atoms with Crippen LogP contribution in [0, 0.1) is 0 Å². The Labute approximate surface area is 95.7 Å². The average Bonchev–Trinajstić information content (AvgIpc) is 2.62. The van der Waals surface area contributed by atoms with Crippen molar-refractivity contribution in [3.63, 3.8) is 0 Å². The fourth-order valence-corrected chi connectivity index (χ4v) is 4.39. The van der Waals surface area contributed by atoms with Gasteiger partial charge in [-0.25, -0.2) is 0 Å². The van der Waals surface area contributed by atoms with Crippen LogP contribution in [0.3, 0.4) is 0 Å². The van der Waals surface area contributed by atoms with Crippen LogP contribution in [-0.4, -0.2) is 6.54 Å². The summed E-state index contributed by atoms with van der Waals surface area (Å²) in [6.45, 7) is 0.857. The molecule has 1 aromatic heterocycles. The zero-order valence-corrected chi connectivity index (χ0v) is 10.0. The van der Waals surface area contributed by atoms with Gasteiger partial charge in [0.05, 0.1) is 0 Å². The van der Waals surface area contributed by atoms with Crippen LogP contribution < -0.4 is 5.73 Å². The highest BCUT2D eigenvalue weighted by Gasteiger charge is 2.40. The van der Waals surface area contributed by atoms with Crippen molar-refractivity contribution in [2.45, 2.75) is 50.4 Å². The number of fused-ring (bicyclic) bond motifs is 1. The van der Waals surface area contributed by atoms with Crippen molar-refractivity contribution >= 4 is 11.3 Å². The molecule has 0 atom stereocenters. The van der Waals surface area contributed by atoms with Gasteiger partial charge in [-0.15, -0.1) is 11.3 Å². The van der Waals surface area contributed by atoms with Gasteiger partial charge in [0.2, 0.25) is 0 Å². The molecule has 1 fully saturated rings. The largest absolute Gasteiger partial charge is 0.330 e. The highest BCUT2D eigenvalue weighted by molar-refractivity contribution is 7.10. The first-order chi connectivity index (χ1) is 7.36. The highest BCUT2D eigenvalue weighted by atomic mass is 32.1. The van der Waals surface area contributed by atoms with Crippen molar-refractivity contribution in [3.8, 4) is 0 Å². The predicted octanol–water partition coefficient (Wildman–Crippen LogP) is 3.01. The third kappa shape index (κ3) is 1.38. The zero-order valence-electron chi connectivity index (χ0n) is 9.22. The van der Waals surface area contributed by atoms with E-state index in [1.165, 1.54) is 44.9 Å². The molecule has 0 saturated heterocycles. The van der Waals surface area contributed by atoms with Crippen LogP contribution in [-0.2, 0) is 18.3 Å². The molecule has 2 N–H and O–H groups in total. The van der Waals surface area contributed by atoms with Crippen molar-refractivity contribution in [1.82, 2.24) is 0 Å². The van der Waals surface area contributed by atoms with Crippen LogP contribution in [0.5, 0.6) is 0 Å². The molecule has 0 radical (unpaired) electrons. The van der Waals surface area contributed by atoms with Gasteiger partial charge in [0.15, 0.2) is 0 Å². The van der Waals surface area contributed by atoms with E-state index >= 15 is 0 Å². The minimum Gasteiger partial charge on any atom is -0.330 e. The molecule has 2 heteroatoms. The first-order valence-electron chi connectivity index (χ1n) is 6.15. The first kappa shape index (κ1) is 9.86. The Morgan fingerprint density at radius 1 is 1.20 bits per heavy atom. The Morgan fingerprint density at radius 2 is 2.00 bits per heavy atom. The van der Waals surface area contributed by atoms with Crippen LogP contribution in [0.2, 0.25) is 0 Å². The summed E-state index contributed by atoms with van der Waals surface area (Å²) < 4.78 is 0. The van der Waals surface area contributed by atoms with Crippen molar-refractivity contribution in [3.05, 3.63) is 21.4 Å². The topological polar surface area (TPSA) is 26.0 Å². The number of thiophene rings is 1. The second-order valence-corrected chi connectivity index (χ2v) is 6.06. The fourth-order valence-electron chi connectivity index (χ4n) is 3.13. The van der Waals surface area contributed by atoms with E-state index in [0.29, 0.717) is 5.41 Å². The molecule has 82 valence electrons. The van der Waals surface area contributed by atoms with E-state index in [1.807, 2.05) is 11.3 Å². The number of rotatable bonds is 2. The molecule has 3 rings (SSSR count). The molecule has 0 aromatic carbocycles. The smallest absolute Gasteiger partial charge is 0.00866 e. The molecule has 0 amide bonds. The van der Waals surface area contributed by atoms with Gasteiger partial charge in [0.25, 0.3) is 0 Å². The SMILES string of the molecule is NCC1(c2csc3c2CCCC3)CCC1. The summed E-state index contributed by atoms with van der Waals surface area (Å²) in [6, 6.07) is 0. The summed E-state index contributed by atoms with van der Waals surface area (Å²) in [6.07, 6.45) is 9.44. The second kappa shape index (κ2) is 3.60. The number of hydrogen-bond donors (Lipinski definition) is 1. The Bertz CT molecular complexity index is 357. The van der Waals surface area contributed by atoms with Crippen molar-refractivity contribution in [2.24, 2.45) is 5.73 Å². The van der Waals surface area contributed by atoms with Gasteiger partial charge >= 0.3 is 0 Å². The maximum atomic E-state index is 6.00. The summed E-state index contributed by atoms with van der Waals surface area (Å²) in [4.78, 5) is 1.66. The van der Waals surface area contributed by atoms with Gasteiger partial charge in [0, 0.05) is 16.8 Å². The third-order valence-electron chi connectivity index (χ3n) is 4.33. The number of aryl methyl sites for hydroxylation is 1. The molecular formula is C13H19NS. The van der Waals surface area contributed by atoms with E-state index < -0.39 is 0 Å². The normalized spacial score (nSPS) is 23.3. The quantitative estimate of drug-likeness (QED) is 0.816. The Morgan fingerprint density at radius 3 is 2.67 bits per heavy atom. The molecule has 2 aliphatic carbocycles. The van der Waals surface area contributed by atoms with E-state index in [0.717, 1.165) is 6.54 Å². The minimum atomic E-state index is 0.390. The van der Waals surface area contributed by atoms with Gasteiger partial charge in [-0.1, -0.05) is 6.42 Å². The lowest BCUT2D eigenvalue weighted by atomic mass is 9.63. The summed E-state index contributed by atoms with van der Waals surface area (Å²) in [5, 5.41) is 2.42. The standard InChI is InChI=1S/C13H19NS/c14-9-13(6-3-7-13)11-8-15-12-5-2-1-4-10(11)12/h8H,1-7,9,14H2. The van der Waals surface area contributed by atoms with Crippen LogP contribution in [0.15, 0.2) is 5.38 Å². The van der Waals surface area contributed by atoms with Gasteiger partial charge in [0.1, 0.15) is 0 Å². The number of hydrogen-bond acceptors (Lipinski definition) is 2. The zero-order chi connectivity index (χ0) is 10.3. The van der Waals surface area contributed by atoms with Gasteiger partial charge in [-0.2, -0.15) is 0 Å². The van der Waals surface area contributed by atoms with Gasteiger partial charge < -0.3 is 5.73 Å². The first-order valence-corrected chi connectivity index (χ1v) is 7.03. The Kier molecular flexibility index (Phi) is 2.37. The minimum absolute atomic E-state index is 0.390. The fraction of sp³-hybridized carbons (Fsp3) is 0.692. The molecule has 0 unspecified atom stereocenters. The van der Waals surface area contributed by atoms with Crippen molar-refractivity contribution in [2.75, 3.05) is 6.54 Å². The second-order valence-electron chi connectivity index (χ2n) is 5.10. The summed E-state index contributed by atoms with van der Waals surface area (Å²) in [5.74, 6) is 0. The van der Waals surface area contributed by atoms with Gasteiger partial charge in [-0.05, 0) is 55.0 Å². The lowest BCUT2D eigenvalue weighted by Crippen LogP contribution is -2.42. The Hall–Kier alpha value is -0.340. The molecule has 1 aromatic rings. The third-order valence-corrected chi connectivity index (χ3v) is 5.42. The predicted molar refractivity (Wildman–Crippen MR) is 65.5 cm³/mol. The summed E-state index contributed by atoms with van der Waals surface area (Å²) >= 11 is 1.99. The van der Waals surface area contributed by atoms with Crippen LogP contribution in [0.25, 0.3) is 0 Å². The summed E-state index contributed by atoms with van der Waals surface area (Å²) in [5.41, 5.74) is 9.71. The van der Waals surface area contributed by atoms with Crippen molar-refractivity contribution < 1.29 is 0 Å².